The number of amides is 1. The van der Waals surface area contributed by atoms with E-state index in [9.17, 15) is 9.18 Å². The first-order chi connectivity index (χ1) is 5.94. The van der Waals surface area contributed by atoms with Crippen LogP contribution in [-0.2, 0) is 10.5 Å². The number of hydrogen-bond donors (Lipinski definition) is 1. The molecule has 0 aromatic heterocycles. The third kappa shape index (κ3) is 1.98. The third-order valence-electron chi connectivity index (χ3n) is 1.85. The largest absolute Gasteiger partial charge is 0.367 e. The predicted octanol–water partition coefficient (Wildman–Crippen LogP) is 2.01. The maximum Gasteiger partial charge on any atom is 0.259 e. The lowest BCUT2D eigenvalue weighted by Gasteiger charge is -2.16. The Hall–Kier alpha value is -1.09. The Labute approximate surface area is 80.5 Å². The van der Waals surface area contributed by atoms with E-state index in [2.05, 4.69) is 0 Å². The van der Waals surface area contributed by atoms with E-state index in [1.165, 1.54) is 24.3 Å². The number of nitrogens with two attached hydrogens (primary N) is 1. The van der Waals surface area contributed by atoms with Gasteiger partial charge in [-0.2, -0.15) is 0 Å². The Kier molecular flexibility index (Phi) is 2.57. The van der Waals surface area contributed by atoms with Crippen molar-refractivity contribution in [3.63, 3.8) is 0 Å². The van der Waals surface area contributed by atoms with E-state index in [0.717, 1.165) is 6.92 Å². The molecule has 1 rings (SSSR count). The topological polar surface area (TPSA) is 43.1 Å². The molecule has 0 heterocycles. The van der Waals surface area contributed by atoms with Gasteiger partial charge in [-0.3, -0.25) is 4.79 Å². The number of primary amides is 1. The van der Waals surface area contributed by atoms with Crippen LogP contribution in [0.25, 0.3) is 0 Å². The molecule has 0 aliphatic carbocycles. The Balaban J connectivity index is 3.08. The van der Waals surface area contributed by atoms with Gasteiger partial charge in [-0.25, -0.2) is 4.39 Å². The first-order valence-corrected chi connectivity index (χ1v) is 4.07. The lowest BCUT2D eigenvalue weighted by Crippen LogP contribution is -2.34. The smallest absolute Gasteiger partial charge is 0.259 e. The zero-order valence-electron chi connectivity index (χ0n) is 7.05. The van der Waals surface area contributed by atoms with Crippen LogP contribution in [0.2, 0.25) is 5.02 Å². The Bertz CT molecular complexity index is 321. The van der Waals surface area contributed by atoms with Crippen LogP contribution in [0.15, 0.2) is 24.3 Å². The number of halogens is 2. The molecule has 4 heteroatoms. The van der Waals surface area contributed by atoms with Crippen LogP contribution in [0.1, 0.15) is 12.5 Å². The van der Waals surface area contributed by atoms with Crippen LogP contribution < -0.4 is 5.73 Å². The highest BCUT2D eigenvalue weighted by atomic mass is 35.5. The highest BCUT2D eigenvalue weighted by Crippen LogP contribution is 2.25. The normalized spacial score (nSPS) is 15.0. The Morgan fingerprint density at radius 2 is 1.92 bits per heavy atom. The van der Waals surface area contributed by atoms with E-state index in [1.54, 1.807) is 0 Å². The van der Waals surface area contributed by atoms with Crippen LogP contribution in [0.4, 0.5) is 4.39 Å². The summed E-state index contributed by atoms with van der Waals surface area (Å²) in [5.74, 6) is -1.00. The van der Waals surface area contributed by atoms with Gasteiger partial charge in [0.05, 0.1) is 0 Å². The van der Waals surface area contributed by atoms with Crippen molar-refractivity contribution in [2.24, 2.45) is 5.73 Å². The van der Waals surface area contributed by atoms with Crippen LogP contribution >= 0.6 is 11.6 Å². The summed E-state index contributed by atoms with van der Waals surface area (Å²) in [7, 11) is 0. The highest BCUT2D eigenvalue weighted by molar-refractivity contribution is 6.30. The van der Waals surface area contributed by atoms with Gasteiger partial charge in [-0.05, 0) is 24.6 Å². The predicted molar refractivity (Wildman–Crippen MR) is 49.1 cm³/mol. The summed E-state index contributed by atoms with van der Waals surface area (Å²) in [6.07, 6.45) is 0. The second-order valence-corrected chi connectivity index (χ2v) is 3.31. The fourth-order valence-electron chi connectivity index (χ4n) is 0.905. The number of carbonyl (C=O) groups is 1. The summed E-state index contributed by atoms with van der Waals surface area (Å²) >= 11 is 5.60. The number of carbonyl (C=O) groups excluding carboxylic acids is 1. The zero-order valence-corrected chi connectivity index (χ0v) is 7.81. The van der Waals surface area contributed by atoms with Crippen LogP contribution in [-0.4, -0.2) is 5.91 Å². The average Bonchev–Trinajstić information content (AvgIpc) is 2.04. The fourth-order valence-corrected chi connectivity index (χ4v) is 1.03. The van der Waals surface area contributed by atoms with Gasteiger partial charge in [0, 0.05) is 5.02 Å². The fraction of sp³-hybridized carbons (Fsp3) is 0.222. The quantitative estimate of drug-likeness (QED) is 0.782. The van der Waals surface area contributed by atoms with Crippen LogP contribution in [0, 0.1) is 0 Å². The van der Waals surface area contributed by atoms with E-state index in [1.807, 2.05) is 0 Å². The molecule has 1 amide bonds. The molecule has 1 aromatic carbocycles. The molecule has 0 aliphatic heterocycles. The molecule has 1 atom stereocenters. The molecule has 0 bridgehead atoms. The SMILES string of the molecule is CC(F)(C(N)=O)c1ccc(Cl)cc1. The van der Waals surface area contributed by atoms with Gasteiger partial charge in [0.2, 0.25) is 5.67 Å². The van der Waals surface area contributed by atoms with Gasteiger partial charge < -0.3 is 5.73 Å². The number of hydrogen-bond acceptors (Lipinski definition) is 1. The molecule has 0 aliphatic rings. The van der Waals surface area contributed by atoms with Crippen molar-refractivity contribution in [3.05, 3.63) is 34.9 Å². The minimum Gasteiger partial charge on any atom is -0.367 e. The lowest BCUT2D eigenvalue weighted by atomic mass is 9.98. The summed E-state index contributed by atoms with van der Waals surface area (Å²) in [6, 6.07) is 5.90. The van der Waals surface area contributed by atoms with E-state index in [4.69, 9.17) is 17.3 Å². The second kappa shape index (κ2) is 3.34. The van der Waals surface area contributed by atoms with Crippen LogP contribution in [0.3, 0.4) is 0 Å². The van der Waals surface area contributed by atoms with E-state index < -0.39 is 11.6 Å². The molecular weight excluding hydrogens is 193 g/mol. The molecule has 2 nitrogen and oxygen atoms in total. The second-order valence-electron chi connectivity index (χ2n) is 2.87. The number of rotatable bonds is 2. The van der Waals surface area contributed by atoms with E-state index in [0.29, 0.717) is 5.02 Å². The maximum atomic E-state index is 13.6. The average molecular weight is 202 g/mol. The summed E-state index contributed by atoms with van der Waals surface area (Å²) < 4.78 is 13.6. The van der Waals surface area contributed by atoms with Crippen molar-refractivity contribution < 1.29 is 9.18 Å². The molecule has 0 saturated carbocycles. The highest BCUT2D eigenvalue weighted by Gasteiger charge is 2.32. The Morgan fingerprint density at radius 3 is 2.31 bits per heavy atom. The third-order valence-corrected chi connectivity index (χ3v) is 2.10. The summed E-state index contributed by atoms with van der Waals surface area (Å²) in [5.41, 5.74) is 2.97. The van der Waals surface area contributed by atoms with Gasteiger partial charge in [0.25, 0.3) is 5.91 Å². The van der Waals surface area contributed by atoms with Crippen molar-refractivity contribution in [1.82, 2.24) is 0 Å². The monoisotopic (exact) mass is 201 g/mol. The minimum absolute atomic E-state index is 0.212. The Morgan fingerprint density at radius 1 is 1.46 bits per heavy atom. The molecule has 13 heavy (non-hydrogen) atoms. The minimum atomic E-state index is -2.13. The molecule has 70 valence electrons. The molecule has 2 N–H and O–H groups in total. The number of alkyl halides is 1. The molecule has 0 radical (unpaired) electrons. The maximum absolute atomic E-state index is 13.6. The zero-order chi connectivity index (χ0) is 10.1. The van der Waals surface area contributed by atoms with Crippen molar-refractivity contribution in [3.8, 4) is 0 Å². The van der Waals surface area contributed by atoms with Gasteiger partial charge in [-0.15, -0.1) is 0 Å². The molecule has 0 fully saturated rings. The summed E-state index contributed by atoms with van der Waals surface area (Å²) in [4.78, 5) is 10.7. The van der Waals surface area contributed by atoms with Gasteiger partial charge in [0.1, 0.15) is 0 Å². The van der Waals surface area contributed by atoms with Crippen molar-refractivity contribution >= 4 is 17.5 Å². The van der Waals surface area contributed by atoms with Gasteiger partial charge in [-0.1, -0.05) is 23.7 Å². The first kappa shape index (κ1) is 9.99. The van der Waals surface area contributed by atoms with E-state index >= 15 is 0 Å². The van der Waals surface area contributed by atoms with Crippen molar-refractivity contribution in [1.29, 1.82) is 0 Å². The summed E-state index contributed by atoms with van der Waals surface area (Å²) in [6.45, 7) is 1.12. The van der Waals surface area contributed by atoms with Crippen molar-refractivity contribution in [2.45, 2.75) is 12.6 Å². The molecule has 1 unspecified atom stereocenters. The van der Waals surface area contributed by atoms with Crippen molar-refractivity contribution in [2.75, 3.05) is 0 Å². The number of benzene rings is 1. The molecule has 1 aromatic rings. The lowest BCUT2D eigenvalue weighted by molar-refractivity contribution is -0.128. The summed E-state index contributed by atoms with van der Waals surface area (Å²) in [5, 5.41) is 0.490. The molecule has 0 spiro atoms. The van der Waals surface area contributed by atoms with Gasteiger partial charge >= 0.3 is 0 Å². The standard InChI is InChI=1S/C9H9ClFNO/c1-9(11,8(12)13)6-2-4-7(10)5-3-6/h2-5H,1H3,(H2,12,13). The van der Waals surface area contributed by atoms with Crippen LogP contribution in [0.5, 0.6) is 0 Å². The molecular formula is C9H9ClFNO. The van der Waals surface area contributed by atoms with E-state index in [-0.39, 0.29) is 5.56 Å². The van der Waals surface area contributed by atoms with Gasteiger partial charge in [0.15, 0.2) is 0 Å². The first-order valence-electron chi connectivity index (χ1n) is 3.69. The molecule has 0 saturated heterocycles.